The van der Waals surface area contributed by atoms with Gasteiger partial charge in [-0.05, 0) is 11.8 Å². The van der Waals surface area contributed by atoms with Crippen LogP contribution in [0.1, 0.15) is 34.1 Å². The van der Waals surface area contributed by atoms with E-state index >= 15 is 0 Å². The van der Waals surface area contributed by atoms with Crippen LogP contribution in [0.3, 0.4) is 0 Å². The third kappa shape index (κ3) is 3.88. The van der Waals surface area contributed by atoms with Crippen molar-refractivity contribution in [3.8, 4) is 0 Å². The van der Waals surface area contributed by atoms with Crippen LogP contribution in [-0.2, 0) is 4.79 Å². The summed E-state index contributed by atoms with van der Waals surface area (Å²) in [5, 5.41) is 8.67. The number of thiol groups is 1. The molecule has 0 saturated carbocycles. The second-order valence-corrected chi connectivity index (χ2v) is 4.97. The Morgan fingerprint density at radius 3 is 2.29 bits per heavy atom. The largest absolute Gasteiger partial charge is 0.387 e. The second kappa shape index (κ2) is 5.61. The Bertz CT molecular complexity index is 189. The molecule has 1 N–H and O–H groups in total. The van der Waals surface area contributed by atoms with Crippen LogP contribution in [0.2, 0.25) is 0 Å². The van der Waals surface area contributed by atoms with Gasteiger partial charge >= 0.3 is 0 Å². The average molecular weight is 219 g/mol. The van der Waals surface area contributed by atoms with E-state index in [1.807, 2.05) is 27.7 Å². The van der Waals surface area contributed by atoms with E-state index in [2.05, 4.69) is 12.6 Å². The van der Waals surface area contributed by atoms with E-state index in [0.717, 1.165) is 6.42 Å². The lowest BCUT2D eigenvalue weighted by atomic mass is 9.95. The van der Waals surface area contributed by atoms with Crippen molar-refractivity contribution in [3.63, 3.8) is 0 Å². The van der Waals surface area contributed by atoms with Crippen molar-refractivity contribution in [2.24, 2.45) is 5.41 Å². The van der Waals surface area contributed by atoms with Crippen molar-refractivity contribution in [3.05, 3.63) is 0 Å². The first-order chi connectivity index (χ1) is 6.34. The van der Waals surface area contributed by atoms with Gasteiger partial charge in [0.1, 0.15) is 6.61 Å². The van der Waals surface area contributed by atoms with Crippen LogP contribution in [0.4, 0.5) is 0 Å². The molecule has 0 aromatic rings. The van der Waals surface area contributed by atoms with Gasteiger partial charge in [0.25, 0.3) is 0 Å². The minimum Gasteiger partial charge on any atom is -0.387 e. The van der Waals surface area contributed by atoms with Gasteiger partial charge < -0.3 is 10.0 Å². The van der Waals surface area contributed by atoms with E-state index in [9.17, 15) is 4.79 Å². The van der Waals surface area contributed by atoms with Gasteiger partial charge in [-0.1, -0.05) is 27.7 Å². The van der Waals surface area contributed by atoms with E-state index in [1.165, 1.54) is 0 Å². The normalized spacial score (nSPS) is 13.9. The minimum atomic E-state index is -0.437. The second-order valence-electron chi connectivity index (χ2n) is 4.48. The number of hydrogen-bond donors (Lipinski definition) is 2. The molecule has 0 aromatic carbocycles. The third-order valence-corrected chi connectivity index (χ3v) is 3.04. The van der Waals surface area contributed by atoms with Crippen molar-refractivity contribution >= 4 is 18.5 Å². The number of amides is 1. The van der Waals surface area contributed by atoms with Gasteiger partial charge in [-0.25, -0.2) is 0 Å². The number of aliphatic hydroxyl groups is 1. The predicted molar refractivity (Wildman–Crippen MR) is 61.3 cm³/mol. The SMILES string of the molecule is CCCN(C(=O)CO)[C@@H](S)C(C)(C)C. The fourth-order valence-electron chi connectivity index (χ4n) is 1.18. The molecule has 1 atom stereocenters. The lowest BCUT2D eigenvalue weighted by molar-refractivity contribution is -0.136. The van der Waals surface area contributed by atoms with Gasteiger partial charge in [0.05, 0.1) is 5.37 Å². The molecule has 0 bridgehead atoms. The molecule has 0 saturated heterocycles. The summed E-state index contributed by atoms with van der Waals surface area (Å²) in [6, 6.07) is 0. The van der Waals surface area contributed by atoms with E-state index in [-0.39, 0.29) is 16.7 Å². The van der Waals surface area contributed by atoms with E-state index in [4.69, 9.17) is 5.11 Å². The highest BCUT2D eigenvalue weighted by atomic mass is 32.1. The lowest BCUT2D eigenvalue weighted by Crippen LogP contribution is -2.45. The summed E-state index contributed by atoms with van der Waals surface area (Å²) in [7, 11) is 0. The van der Waals surface area contributed by atoms with Gasteiger partial charge in [-0.15, -0.1) is 0 Å². The molecule has 0 spiro atoms. The number of carbonyl (C=O) groups excluding carboxylic acids is 1. The molecule has 0 aliphatic heterocycles. The zero-order valence-corrected chi connectivity index (χ0v) is 10.3. The number of hydrogen-bond acceptors (Lipinski definition) is 3. The molecule has 3 nitrogen and oxygen atoms in total. The quantitative estimate of drug-likeness (QED) is 0.556. The minimum absolute atomic E-state index is 0.0802. The Morgan fingerprint density at radius 2 is 2.00 bits per heavy atom. The van der Waals surface area contributed by atoms with Gasteiger partial charge in [-0.2, -0.15) is 12.6 Å². The van der Waals surface area contributed by atoms with Crippen LogP contribution in [-0.4, -0.2) is 34.4 Å². The standard InChI is InChI=1S/C10H21NO2S/c1-5-6-11(8(13)7-12)9(14)10(2,3)4/h9,12,14H,5-7H2,1-4H3/t9-/m0/s1. The lowest BCUT2D eigenvalue weighted by Gasteiger charge is -2.36. The fourth-order valence-corrected chi connectivity index (χ4v) is 1.43. The molecule has 0 fully saturated rings. The highest BCUT2D eigenvalue weighted by molar-refractivity contribution is 7.81. The number of nitrogens with zero attached hydrogens (tertiary/aromatic N) is 1. The molecule has 1 amide bonds. The Labute approximate surface area is 91.9 Å². The van der Waals surface area contributed by atoms with E-state index in [1.54, 1.807) is 4.90 Å². The third-order valence-electron chi connectivity index (χ3n) is 1.99. The summed E-state index contributed by atoms with van der Waals surface area (Å²) in [5.74, 6) is -0.248. The maximum absolute atomic E-state index is 11.4. The van der Waals surface area contributed by atoms with Crippen molar-refractivity contribution in [1.82, 2.24) is 4.90 Å². The molecule has 84 valence electrons. The van der Waals surface area contributed by atoms with Gasteiger partial charge in [0.2, 0.25) is 5.91 Å². The molecule has 0 heterocycles. The van der Waals surface area contributed by atoms with Crippen LogP contribution < -0.4 is 0 Å². The summed E-state index contributed by atoms with van der Waals surface area (Å²) in [6.45, 7) is 8.28. The number of carbonyl (C=O) groups is 1. The summed E-state index contributed by atoms with van der Waals surface area (Å²) in [4.78, 5) is 13.0. The molecule has 0 rings (SSSR count). The van der Waals surface area contributed by atoms with Crippen molar-refractivity contribution in [2.45, 2.75) is 39.5 Å². The summed E-state index contributed by atoms with van der Waals surface area (Å²) in [5.41, 5.74) is -0.0802. The molecule has 0 aliphatic rings. The molecular weight excluding hydrogens is 198 g/mol. The van der Waals surface area contributed by atoms with E-state index < -0.39 is 6.61 Å². The first-order valence-electron chi connectivity index (χ1n) is 4.93. The monoisotopic (exact) mass is 219 g/mol. The summed E-state index contributed by atoms with van der Waals surface area (Å²) in [6.07, 6.45) is 0.874. The highest BCUT2D eigenvalue weighted by Gasteiger charge is 2.29. The van der Waals surface area contributed by atoms with E-state index in [0.29, 0.717) is 6.54 Å². The fraction of sp³-hybridized carbons (Fsp3) is 0.900. The molecule has 4 heteroatoms. The van der Waals surface area contributed by atoms with Crippen LogP contribution in [0.15, 0.2) is 0 Å². The molecular formula is C10H21NO2S. The zero-order chi connectivity index (χ0) is 11.4. The Balaban J connectivity index is 4.56. The molecule has 0 unspecified atom stereocenters. The molecule has 0 aliphatic carbocycles. The summed E-state index contributed by atoms with van der Waals surface area (Å²) < 4.78 is 0. The van der Waals surface area contributed by atoms with Crippen molar-refractivity contribution in [2.75, 3.05) is 13.2 Å². The topological polar surface area (TPSA) is 40.5 Å². The maximum Gasteiger partial charge on any atom is 0.249 e. The number of rotatable bonds is 4. The first kappa shape index (κ1) is 13.8. The van der Waals surface area contributed by atoms with Crippen molar-refractivity contribution < 1.29 is 9.90 Å². The Morgan fingerprint density at radius 1 is 1.50 bits per heavy atom. The zero-order valence-electron chi connectivity index (χ0n) is 9.45. The van der Waals surface area contributed by atoms with Gasteiger partial charge in [0.15, 0.2) is 0 Å². The molecule has 0 aromatic heterocycles. The van der Waals surface area contributed by atoms with Gasteiger partial charge in [0, 0.05) is 6.54 Å². The highest BCUT2D eigenvalue weighted by Crippen LogP contribution is 2.27. The van der Waals surface area contributed by atoms with Crippen molar-refractivity contribution in [1.29, 1.82) is 0 Å². The first-order valence-corrected chi connectivity index (χ1v) is 5.44. The maximum atomic E-state index is 11.4. The van der Waals surface area contributed by atoms with Crippen LogP contribution in [0, 0.1) is 5.41 Å². The Hall–Kier alpha value is -0.220. The van der Waals surface area contributed by atoms with Gasteiger partial charge in [-0.3, -0.25) is 4.79 Å². The summed E-state index contributed by atoms with van der Waals surface area (Å²) >= 11 is 4.43. The average Bonchev–Trinajstić information content (AvgIpc) is 2.10. The Kier molecular flexibility index (Phi) is 5.52. The molecule has 0 radical (unpaired) electrons. The predicted octanol–water partition coefficient (Wildman–Crippen LogP) is 1.52. The molecule has 14 heavy (non-hydrogen) atoms. The van der Waals surface area contributed by atoms with Crippen LogP contribution >= 0.6 is 12.6 Å². The van der Waals surface area contributed by atoms with Crippen LogP contribution in [0.5, 0.6) is 0 Å². The number of aliphatic hydroxyl groups excluding tert-OH is 1. The van der Waals surface area contributed by atoms with Crippen LogP contribution in [0.25, 0.3) is 0 Å². The smallest absolute Gasteiger partial charge is 0.249 e.